The third-order valence-corrected chi connectivity index (χ3v) is 8.38. The van der Waals surface area contributed by atoms with Crippen molar-refractivity contribution in [2.75, 3.05) is 31.5 Å². The van der Waals surface area contributed by atoms with Gasteiger partial charge in [0.2, 0.25) is 11.8 Å². The molecule has 10 heteroatoms. The first kappa shape index (κ1) is 30.8. The summed E-state index contributed by atoms with van der Waals surface area (Å²) in [6, 6.07) is 19.6. The number of halogens is 1. The Morgan fingerprint density at radius 2 is 1.60 bits per heavy atom. The van der Waals surface area contributed by atoms with E-state index in [9.17, 15) is 22.4 Å². The van der Waals surface area contributed by atoms with Crippen LogP contribution in [-0.2, 0) is 32.8 Å². The highest BCUT2D eigenvalue weighted by molar-refractivity contribution is 7.90. The largest absolute Gasteiger partial charge is 0.355 e. The number of anilines is 1. The van der Waals surface area contributed by atoms with Gasteiger partial charge in [-0.3, -0.25) is 9.59 Å². The van der Waals surface area contributed by atoms with Crippen molar-refractivity contribution < 1.29 is 22.4 Å². The normalized spacial score (nSPS) is 12.2. The summed E-state index contributed by atoms with van der Waals surface area (Å²) in [5.41, 5.74) is 2.85. The fourth-order valence-electron chi connectivity index (χ4n) is 4.35. The van der Waals surface area contributed by atoms with E-state index in [4.69, 9.17) is 0 Å². The Morgan fingerprint density at radius 3 is 2.23 bits per heavy atom. The van der Waals surface area contributed by atoms with Crippen molar-refractivity contribution in [3.05, 3.63) is 101 Å². The molecule has 0 saturated heterocycles. The maximum atomic E-state index is 14.8. The Labute approximate surface area is 236 Å². The topological polar surface area (TPSA) is 90.0 Å². The third-order valence-electron chi connectivity index (χ3n) is 6.57. The molecule has 2 amide bonds. The van der Waals surface area contributed by atoms with Gasteiger partial charge in [-0.1, -0.05) is 60.7 Å². The number of likely N-dealkylation sites (N-methyl/N-ethyl adjacent to an activating group) is 1. The van der Waals surface area contributed by atoms with Gasteiger partial charge in [0, 0.05) is 39.2 Å². The number of aryl methyl sites for hydroxylation is 2. The molecule has 8 nitrogen and oxygen atoms in total. The molecule has 1 N–H and O–H groups in total. The molecule has 1 atom stereocenters. The highest BCUT2D eigenvalue weighted by Crippen LogP contribution is 2.26. The van der Waals surface area contributed by atoms with Gasteiger partial charge in [0.1, 0.15) is 18.4 Å². The summed E-state index contributed by atoms with van der Waals surface area (Å²) in [4.78, 5) is 28.8. The van der Waals surface area contributed by atoms with Crippen LogP contribution in [0.5, 0.6) is 0 Å². The summed E-state index contributed by atoms with van der Waals surface area (Å²) >= 11 is 0. The van der Waals surface area contributed by atoms with Crippen molar-refractivity contribution in [3.63, 3.8) is 0 Å². The number of carbonyl (C=O) groups is 2. The summed E-state index contributed by atoms with van der Waals surface area (Å²) in [6.45, 7) is 4.90. The van der Waals surface area contributed by atoms with Crippen molar-refractivity contribution in [3.8, 4) is 0 Å². The van der Waals surface area contributed by atoms with E-state index in [1.807, 2.05) is 43.3 Å². The number of hydrogen-bond donors (Lipinski definition) is 1. The minimum Gasteiger partial charge on any atom is -0.355 e. The number of rotatable bonds is 12. The number of carbonyl (C=O) groups excluding carboxylic acids is 2. The molecule has 3 aromatic rings. The van der Waals surface area contributed by atoms with Crippen LogP contribution in [0.3, 0.4) is 0 Å². The first-order valence-corrected chi connectivity index (χ1v) is 14.5. The number of benzene rings is 3. The van der Waals surface area contributed by atoms with Crippen molar-refractivity contribution in [2.24, 2.45) is 0 Å². The molecule has 3 aromatic carbocycles. The van der Waals surface area contributed by atoms with Gasteiger partial charge in [-0.05, 0) is 49.6 Å². The quantitative estimate of drug-likeness (QED) is 0.360. The van der Waals surface area contributed by atoms with E-state index < -0.39 is 40.4 Å². The van der Waals surface area contributed by atoms with E-state index in [2.05, 4.69) is 5.32 Å². The second kappa shape index (κ2) is 13.5. The number of nitrogens with one attached hydrogen (secondary N) is 1. The van der Waals surface area contributed by atoms with Crippen molar-refractivity contribution in [1.29, 1.82) is 0 Å². The van der Waals surface area contributed by atoms with Crippen LogP contribution in [0, 0.1) is 19.7 Å². The second-order valence-electron chi connectivity index (χ2n) is 9.80. The number of nitrogens with zero attached hydrogens (tertiary/aromatic N) is 3. The Morgan fingerprint density at radius 1 is 0.950 bits per heavy atom. The fourth-order valence-corrected chi connectivity index (χ4v) is 5.46. The second-order valence-corrected chi connectivity index (χ2v) is 11.9. The SMILES string of the molecule is CCNC(=O)[C@H](Cc1ccccc1)N(Cc1ccccc1F)C(=O)CN(c1cc(C)ccc1C)S(=O)(=O)N(C)C. The van der Waals surface area contributed by atoms with E-state index >= 15 is 0 Å². The van der Waals surface area contributed by atoms with E-state index in [1.54, 1.807) is 44.2 Å². The highest BCUT2D eigenvalue weighted by atomic mass is 32.2. The van der Waals surface area contributed by atoms with Crippen LogP contribution < -0.4 is 9.62 Å². The number of amides is 2. The summed E-state index contributed by atoms with van der Waals surface area (Å²) < 4.78 is 43.9. The van der Waals surface area contributed by atoms with E-state index in [-0.39, 0.29) is 18.5 Å². The van der Waals surface area contributed by atoms with Crippen LogP contribution in [0.15, 0.2) is 72.8 Å². The fraction of sp³-hybridized carbons (Fsp3) is 0.333. The lowest BCUT2D eigenvalue weighted by Gasteiger charge is -2.34. The standard InChI is InChI=1S/C30H37FN4O4S/c1-6-32-30(37)28(19-24-12-8-7-9-13-24)34(20-25-14-10-11-15-26(25)31)29(36)21-35(40(38,39)33(4)5)27-18-22(2)16-17-23(27)3/h7-18,28H,6,19-21H2,1-5H3,(H,32,37)/t28-/m0/s1. The molecular weight excluding hydrogens is 531 g/mol. The minimum absolute atomic E-state index is 0.163. The van der Waals surface area contributed by atoms with Crippen LogP contribution in [0.2, 0.25) is 0 Å². The first-order chi connectivity index (χ1) is 18.9. The molecular formula is C30H37FN4O4S. The summed E-state index contributed by atoms with van der Waals surface area (Å²) in [5, 5.41) is 2.79. The average Bonchev–Trinajstić information content (AvgIpc) is 2.92. The van der Waals surface area contributed by atoms with Gasteiger partial charge in [0.15, 0.2) is 0 Å². The molecule has 0 heterocycles. The smallest absolute Gasteiger partial charge is 0.304 e. The zero-order valence-corrected chi connectivity index (χ0v) is 24.4. The van der Waals surface area contributed by atoms with Gasteiger partial charge in [-0.25, -0.2) is 8.70 Å². The van der Waals surface area contributed by atoms with Crippen molar-refractivity contribution >= 4 is 27.7 Å². The maximum absolute atomic E-state index is 14.8. The third kappa shape index (κ3) is 7.45. The van der Waals surface area contributed by atoms with Crippen LogP contribution in [0.25, 0.3) is 0 Å². The van der Waals surface area contributed by atoms with Gasteiger partial charge >= 0.3 is 10.2 Å². The predicted octanol–water partition coefficient (Wildman–Crippen LogP) is 3.83. The van der Waals surface area contributed by atoms with Crippen LogP contribution >= 0.6 is 0 Å². The first-order valence-electron chi connectivity index (χ1n) is 13.1. The molecule has 0 unspecified atom stereocenters. The van der Waals surface area contributed by atoms with E-state index in [0.29, 0.717) is 17.8 Å². The van der Waals surface area contributed by atoms with Crippen molar-refractivity contribution in [2.45, 2.75) is 39.8 Å². The zero-order valence-electron chi connectivity index (χ0n) is 23.6. The van der Waals surface area contributed by atoms with Gasteiger partial charge in [-0.15, -0.1) is 0 Å². The van der Waals surface area contributed by atoms with E-state index in [1.165, 1.54) is 25.1 Å². The average molecular weight is 569 g/mol. The molecule has 0 aliphatic heterocycles. The molecule has 0 fully saturated rings. The molecule has 0 bridgehead atoms. The summed E-state index contributed by atoms with van der Waals surface area (Å²) in [7, 11) is -1.33. The molecule has 0 radical (unpaired) electrons. The van der Waals surface area contributed by atoms with Crippen LogP contribution in [-0.4, -0.2) is 62.7 Å². The van der Waals surface area contributed by atoms with E-state index in [0.717, 1.165) is 19.7 Å². The summed E-state index contributed by atoms with van der Waals surface area (Å²) in [5.74, 6) is -1.58. The maximum Gasteiger partial charge on any atom is 0.304 e. The van der Waals surface area contributed by atoms with Gasteiger partial charge in [0.05, 0.1) is 5.69 Å². The molecule has 0 spiro atoms. The number of hydrogen-bond acceptors (Lipinski definition) is 4. The lowest BCUT2D eigenvalue weighted by Crippen LogP contribution is -2.54. The zero-order chi connectivity index (χ0) is 29.4. The van der Waals surface area contributed by atoms with Crippen LogP contribution in [0.4, 0.5) is 10.1 Å². The highest BCUT2D eigenvalue weighted by Gasteiger charge is 2.35. The monoisotopic (exact) mass is 568 g/mol. The van der Waals surface area contributed by atoms with Crippen LogP contribution in [0.1, 0.15) is 29.2 Å². The summed E-state index contributed by atoms with van der Waals surface area (Å²) in [6.07, 6.45) is 0.163. The predicted molar refractivity (Wildman–Crippen MR) is 155 cm³/mol. The lowest BCUT2D eigenvalue weighted by atomic mass is 10.0. The Kier molecular flexibility index (Phi) is 10.4. The molecule has 40 heavy (non-hydrogen) atoms. The minimum atomic E-state index is -4.11. The Hall–Kier alpha value is -3.76. The Balaban J connectivity index is 2.12. The molecule has 0 aliphatic rings. The van der Waals surface area contributed by atoms with Gasteiger partial charge in [-0.2, -0.15) is 12.7 Å². The molecule has 214 valence electrons. The molecule has 3 rings (SSSR count). The van der Waals surface area contributed by atoms with Crippen molar-refractivity contribution in [1.82, 2.24) is 14.5 Å². The molecule has 0 saturated carbocycles. The van der Waals surface area contributed by atoms with Gasteiger partial charge in [0.25, 0.3) is 0 Å². The Bertz CT molecular complexity index is 1430. The molecule has 0 aromatic heterocycles. The molecule has 0 aliphatic carbocycles. The lowest BCUT2D eigenvalue weighted by molar-refractivity contribution is -0.140. The van der Waals surface area contributed by atoms with Gasteiger partial charge < -0.3 is 10.2 Å².